The van der Waals surface area contributed by atoms with Gasteiger partial charge in [-0.1, -0.05) is 30.3 Å². The van der Waals surface area contributed by atoms with Crippen molar-refractivity contribution in [2.45, 2.75) is 6.92 Å². The zero-order valence-electron chi connectivity index (χ0n) is 12.3. The van der Waals surface area contributed by atoms with Crippen LogP contribution in [0.3, 0.4) is 0 Å². The summed E-state index contributed by atoms with van der Waals surface area (Å²) in [6.07, 6.45) is 3.50. The summed E-state index contributed by atoms with van der Waals surface area (Å²) in [6.45, 7) is 2.10. The van der Waals surface area contributed by atoms with E-state index in [0.29, 0.717) is 0 Å². The molecule has 0 radical (unpaired) electrons. The fraction of sp³-hybridized carbons (Fsp3) is 0.0526. The van der Waals surface area contributed by atoms with Gasteiger partial charge < -0.3 is 4.98 Å². The van der Waals surface area contributed by atoms with Gasteiger partial charge in [0.05, 0.1) is 5.52 Å². The maximum Gasteiger partial charge on any atom is 0.189 e. The summed E-state index contributed by atoms with van der Waals surface area (Å²) < 4.78 is 0. The number of aromatic amines is 1. The zero-order chi connectivity index (χ0) is 15.4. The number of nitrogens with one attached hydrogen (secondary N) is 1. The monoisotopic (exact) mass is 288 g/mol. The fourth-order valence-corrected chi connectivity index (χ4v) is 2.36. The lowest BCUT2D eigenvalue weighted by Crippen LogP contribution is -1.98. The van der Waals surface area contributed by atoms with Crippen molar-refractivity contribution in [3.05, 3.63) is 88.8 Å². The van der Waals surface area contributed by atoms with Crippen molar-refractivity contribution in [1.82, 2.24) is 9.97 Å². The molecule has 3 nitrogen and oxygen atoms in total. The van der Waals surface area contributed by atoms with Gasteiger partial charge in [0.1, 0.15) is 0 Å². The van der Waals surface area contributed by atoms with Crippen LogP contribution in [-0.2, 0) is 0 Å². The summed E-state index contributed by atoms with van der Waals surface area (Å²) in [7, 11) is 0. The lowest BCUT2D eigenvalue weighted by atomic mass is 10.1. The number of rotatable bonds is 0. The highest BCUT2D eigenvalue weighted by molar-refractivity contribution is 5.81. The number of aromatic nitrogens is 2. The molecule has 2 aromatic heterocycles. The molecule has 3 heteroatoms. The van der Waals surface area contributed by atoms with Crippen LogP contribution in [0.15, 0.2) is 77.9 Å². The number of pyridine rings is 2. The van der Waals surface area contributed by atoms with Gasteiger partial charge in [0, 0.05) is 34.7 Å². The van der Waals surface area contributed by atoms with Crippen LogP contribution in [0.2, 0.25) is 0 Å². The Balaban J connectivity index is 0.000000131. The van der Waals surface area contributed by atoms with E-state index < -0.39 is 0 Å². The van der Waals surface area contributed by atoms with Crippen LogP contribution in [-0.4, -0.2) is 9.97 Å². The molecule has 0 saturated heterocycles. The minimum Gasteiger partial charge on any atom is -0.361 e. The van der Waals surface area contributed by atoms with Crippen LogP contribution in [0, 0.1) is 6.92 Å². The van der Waals surface area contributed by atoms with Crippen molar-refractivity contribution in [2.24, 2.45) is 0 Å². The number of nitrogens with zero attached hydrogens (tertiary/aromatic N) is 1. The van der Waals surface area contributed by atoms with Crippen LogP contribution < -0.4 is 5.43 Å². The Labute approximate surface area is 128 Å². The minimum absolute atomic E-state index is 0.0688. The average Bonchev–Trinajstić information content (AvgIpc) is 2.57. The molecular formula is C19H16N2O. The Bertz CT molecular complexity index is 963. The highest BCUT2D eigenvalue weighted by Gasteiger charge is 1.94. The minimum atomic E-state index is 0.0688. The Morgan fingerprint density at radius 3 is 2.36 bits per heavy atom. The molecule has 1 N–H and O–H groups in total. The summed E-state index contributed by atoms with van der Waals surface area (Å²) in [4.78, 5) is 18.4. The van der Waals surface area contributed by atoms with Gasteiger partial charge in [0.2, 0.25) is 0 Å². The van der Waals surface area contributed by atoms with Crippen molar-refractivity contribution in [1.29, 1.82) is 0 Å². The molecule has 108 valence electrons. The van der Waals surface area contributed by atoms with Gasteiger partial charge in [0.25, 0.3) is 0 Å². The van der Waals surface area contributed by atoms with Crippen LogP contribution in [0.4, 0.5) is 0 Å². The second-order valence-electron chi connectivity index (χ2n) is 5.03. The van der Waals surface area contributed by atoms with Gasteiger partial charge in [-0.05, 0) is 36.8 Å². The van der Waals surface area contributed by atoms with Gasteiger partial charge in [-0.2, -0.15) is 0 Å². The number of aryl methyl sites for hydroxylation is 1. The number of H-pyrrole nitrogens is 1. The molecule has 0 aliphatic carbocycles. The van der Waals surface area contributed by atoms with E-state index in [1.807, 2.05) is 54.7 Å². The van der Waals surface area contributed by atoms with Crippen molar-refractivity contribution in [3.63, 3.8) is 0 Å². The topological polar surface area (TPSA) is 45.8 Å². The van der Waals surface area contributed by atoms with Gasteiger partial charge in [0.15, 0.2) is 5.43 Å². The molecule has 0 atom stereocenters. The molecule has 4 aromatic rings. The second kappa shape index (κ2) is 6.22. The molecule has 22 heavy (non-hydrogen) atoms. The van der Waals surface area contributed by atoms with E-state index in [4.69, 9.17) is 0 Å². The van der Waals surface area contributed by atoms with Crippen LogP contribution in [0.5, 0.6) is 0 Å². The molecule has 0 spiro atoms. The largest absolute Gasteiger partial charge is 0.361 e. The van der Waals surface area contributed by atoms with E-state index in [0.717, 1.165) is 16.4 Å². The maximum atomic E-state index is 11.2. The number of hydrogen-bond donors (Lipinski definition) is 1. The van der Waals surface area contributed by atoms with E-state index >= 15 is 0 Å². The first-order chi connectivity index (χ1) is 10.8. The normalized spacial score (nSPS) is 10.2. The first kappa shape index (κ1) is 14.0. The van der Waals surface area contributed by atoms with Gasteiger partial charge in [-0.3, -0.25) is 9.78 Å². The molecule has 4 rings (SSSR count). The standard InChI is InChI=1S/C10H9N.C9H7NO/c1-8-6-7-11-10-5-3-2-4-9(8)10;11-9-5-6-10-8-4-2-1-3-7(8)9/h2-7H,1H3;1-6H,(H,10,11). The predicted octanol–water partition coefficient (Wildman–Crippen LogP) is 4.07. The molecule has 2 heterocycles. The Hall–Kier alpha value is -2.94. The molecule has 0 saturated carbocycles. The third-order valence-electron chi connectivity index (χ3n) is 3.53. The number of para-hydroxylation sites is 2. The van der Waals surface area contributed by atoms with Crippen molar-refractivity contribution >= 4 is 21.8 Å². The lowest BCUT2D eigenvalue weighted by Gasteiger charge is -1.97. The Kier molecular flexibility index (Phi) is 3.97. The SMILES string of the molecule is Cc1ccnc2ccccc12.O=c1cc[nH]c2ccccc12. The Morgan fingerprint density at radius 2 is 1.59 bits per heavy atom. The molecule has 0 amide bonds. The van der Waals surface area contributed by atoms with E-state index in [9.17, 15) is 4.79 Å². The van der Waals surface area contributed by atoms with Gasteiger partial charge >= 0.3 is 0 Å². The zero-order valence-corrected chi connectivity index (χ0v) is 12.3. The van der Waals surface area contributed by atoms with E-state index in [-0.39, 0.29) is 5.43 Å². The highest BCUT2D eigenvalue weighted by Crippen LogP contribution is 2.13. The second-order valence-corrected chi connectivity index (χ2v) is 5.03. The van der Waals surface area contributed by atoms with Crippen molar-refractivity contribution < 1.29 is 0 Å². The third kappa shape index (κ3) is 2.88. The first-order valence-electron chi connectivity index (χ1n) is 7.12. The van der Waals surface area contributed by atoms with E-state index in [2.05, 4.69) is 23.0 Å². The fourth-order valence-electron chi connectivity index (χ4n) is 2.36. The van der Waals surface area contributed by atoms with E-state index in [1.54, 1.807) is 6.20 Å². The summed E-state index contributed by atoms with van der Waals surface area (Å²) >= 11 is 0. The van der Waals surface area contributed by atoms with Crippen LogP contribution in [0.1, 0.15) is 5.56 Å². The predicted molar refractivity (Wildman–Crippen MR) is 91.0 cm³/mol. The van der Waals surface area contributed by atoms with Crippen LogP contribution in [0.25, 0.3) is 21.8 Å². The summed E-state index contributed by atoms with van der Waals surface area (Å²) in [5, 5.41) is 1.99. The molecule has 0 aliphatic rings. The van der Waals surface area contributed by atoms with Gasteiger partial charge in [-0.15, -0.1) is 0 Å². The molecule has 2 aromatic carbocycles. The molecule has 0 aliphatic heterocycles. The first-order valence-corrected chi connectivity index (χ1v) is 7.12. The molecule has 0 unspecified atom stereocenters. The van der Waals surface area contributed by atoms with Gasteiger partial charge in [-0.25, -0.2) is 0 Å². The Morgan fingerprint density at radius 1 is 0.864 bits per heavy atom. The molecular weight excluding hydrogens is 272 g/mol. The molecule has 0 fully saturated rings. The summed E-state index contributed by atoms with van der Waals surface area (Å²) in [5.74, 6) is 0. The van der Waals surface area contributed by atoms with Crippen molar-refractivity contribution in [3.8, 4) is 0 Å². The number of benzene rings is 2. The molecule has 0 bridgehead atoms. The quantitative estimate of drug-likeness (QED) is 0.530. The highest BCUT2D eigenvalue weighted by atomic mass is 16.1. The van der Waals surface area contributed by atoms with Crippen molar-refractivity contribution in [2.75, 3.05) is 0 Å². The average molecular weight is 288 g/mol. The maximum absolute atomic E-state index is 11.2. The summed E-state index contributed by atoms with van der Waals surface area (Å²) in [5.41, 5.74) is 3.32. The number of fused-ring (bicyclic) bond motifs is 2. The van der Waals surface area contributed by atoms with Crippen LogP contribution >= 0.6 is 0 Å². The number of hydrogen-bond acceptors (Lipinski definition) is 2. The summed E-state index contributed by atoms with van der Waals surface area (Å²) in [6, 6.07) is 19.2. The lowest BCUT2D eigenvalue weighted by molar-refractivity contribution is 1.37. The third-order valence-corrected chi connectivity index (χ3v) is 3.53. The smallest absolute Gasteiger partial charge is 0.189 e. The van der Waals surface area contributed by atoms with E-state index in [1.165, 1.54) is 17.0 Å².